The number of carbonyl (C=O) groups is 1. The molecule has 2 fully saturated rings. The van der Waals surface area contributed by atoms with Gasteiger partial charge in [-0.25, -0.2) is 4.79 Å². The molecule has 3 heterocycles. The summed E-state index contributed by atoms with van der Waals surface area (Å²) < 4.78 is 12.2. The lowest BCUT2D eigenvalue weighted by molar-refractivity contribution is -0.0220. The van der Waals surface area contributed by atoms with E-state index in [-0.39, 0.29) is 6.09 Å². The minimum absolute atomic E-state index is 0.242. The van der Waals surface area contributed by atoms with Crippen LogP contribution >= 0.6 is 0 Å². The maximum absolute atomic E-state index is 12.5. The number of hydrogen-bond donors (Lipinski definition) is 1. The molecule has 28 heavy (non-hydrogen) atoms. The third-order valence-corrected chi connectivity index (χ3v) is 5.91. The molecule has 1 saturated carbocycles. The Morgan fingerprint density at radius 1 is 1.25 bits per heavy atom. The SMILES string of the molecule is CC(C)(C)OC(=O)N1CCC2(CC1)Oc1ccccc1-c1n[nH]c(C3CC3)c12. The van der Waals surface area contributed by atoms with Crippen molar-refractivity contribution in [2.45, 2.75) is 63.6 Å². The first-order chi connectivity index (χ1) is 13.4. The lowest BCUT2D eigenvalue weighted by Gasteiger charge is -2.44. The molecule has 0 atom stereocenters. The Labute approximate surface area is 165 Å². The van der Waals surface area contributed by atoms with Gasteiger partial charge in [0.15, 0.2) is 0 Å². The summed E-state index contributed by atoms with van der Waals surface area (Å²) in [6.45, 7) is 6.93. The molecule has 1 spiro atoms. The molecule has 1 N–H and O–H groups in total. The van der Waals surface area contributed by atoms with Gasteiger partial charge in [0.25, 0.3) is 0 Å². The van der Waals surface area contributed by atoms with Gasteiger partial charge in [-0.2, -0.15) is 5.10 Å². The number of ether oxygens (including phenoxy) is 2. The first kappa shape index (κ1) is 17.6. The summed E-state index contributed by atoms with van der Waals surface area (Å²) in [5, 5.41) is 8.02. The number of nitrogens with zero attached hydrogens (tertiary/aromatic N) is 2. The number of para-hydroxylation sites is 1. The minimum atomic E-state index is -0.483. The fraction of sp³-hybridized carbons (Fsp3) is 0.545. The maximum atomic E-state index is 12.5. The van der Waals surface area contributed by atoms with Crippen LogP contribution in [0.1, 0.15) is 63.6 Å². The number of nitrogens with one attached hydrogen (secondary N) is 1. The van der Waals surface area contributed by atoms with Gasteiger partial charge in [0.2, 0.25) is 0 Å². The van der Waals surface area contributed by atoms with E-state index in [2.05, 4.69) is 11.2 Å². The highest BCUT2D eigenvalue weighted by molar-refractivity contribution is 5.75. The molecular formula is C22H27N3O3. The molecule has 3 aliphatic rings. The van der Waals surface area contributed by atoms with Crippen LogP contribution in [0.5, 0.6) is 5.75 Å². The molecule has 0 bridgehead atoms. The highest BCUT2D eigenvalue weighted by atomic mass is 16.6. The zero-order chi connectivity index (χ0) is 19.5. The van der Waals surface area contributed by atoms with Crippen LogP contribution in [0, 0.1) is 0 Å². The predicted molar refractivity (Wildman–Crippen MR) is 105 cm³/mol. The third-order valence-electron chi connectivity index (χ3n) is 5.91. The number of piperidine rings is 1. The first-order valence-corrected chi connectivity index (χ1v) is 10.2. The molecule has 1 aromatic carbocycles. The van der Waals surface area contributed by atoms with Gasteiger partial charge < -0.3 is 14.4 Å². The molecular weight excluding hydrogens is 354 g/mol. The Kier molecular flexibility index (Phi) is 3.77. The molecule has 1 saturated heterocycles. The highest BCUT2D eigenvalue weighted by Crippen LogP contribution is 2.54. The predicted octanol–water partition coefficient (Wildman–Crippen LogP) is 4.57. The number of fused-ring (bicyclic) bond motifs is 4. The Balaban J connectivity index is 1.47. The second-order valence-electron chi connectivity index (χ2n) is 9.20. The van der Waals surface area contributed by atoms with Crippen molar-refractivity contribution in [2.24, 2.45) is 0 Å². The third kappa shape index (κ3) is 2.86. The van der Waals surface area contributed by atoms with Gasteiger partial charge >= 0.3 is 6.09 Å². The van der Waals surface area contributed by atoms with Gasteiger partial charge in [-0.05, 0) is 45.7 Å². The second-order valence-corrected chi connectivity index (χ2v) is 9.20. The minimum Gasteiger partial charge on any atom is -0.482 e. The number of H-pyrrole nitrogens is 1. The number of carbonyl (C=O) groups excluding carboxylic acids is 1. The summed E-state index contributed by atoms with van der Waals surface area (Å²) in [6.07, 6.45) is 3.65. The molecule has 1 aliphatic carbocycles. The van der Waals surface area contributed by atoms with E-state index in [0.29, 0.717) is 19.0 Å². The number of benzene rings is 1. The maximum Gasteiger partial charge on any atom is 0.410 e. The van der Waals surface area contributed by atoms with Gasteiger partial charge in [0, 0.05) is 48.7 Å². The van der Waals surface area contributed by atoms with E-state index in [9.17, 15) is 4.79 Å². The molecule has 0 radical (unpaired) electrons. The van der Waals surface area contributed by atoms with Crippen LogP contribution in [0.25, 0.3) is 11.3 Å². The molecule has 0 unspecified atom stereocenters. The molecule has 6 heteroatoms. The van der Waals surface area contributed by atoms with E-state index in [1.54, 1.807) is 4.90 Å². The monoisotopic (exact) mass is 381 g/mol. The number of amides is 1. The van der Waals surface area contributed by atoms with Crippen LogP contribution < -0.4 is 4.74 Å². The van der Waals surface area contributed by atoms with E-state index < -0.39 is 11.2 Å². The molecule has 1 amide bonds. The summed E-state index contributed by atoms with van der Waals surface area (Å²) >= 11 is 0. The van der Waals surface area contributed by atoms with E-state index in [1.165, 1.54) is 24.1 Å². The van der Waals surface area contributed by atoms with Crippen molar-refractivity contribution >= 4 is 6.09 Å². The number of hydrogen-bond acceptors (Lipinski definition) is 4. The molecule has 6 nitrogen and oxygen atoms in total. The largest absolute Gasteiger partial charge is 0.482 e. The van der Waals surface area contributed by atoms with Gasteiger partial charge in [0.1, 0.15) is 22.6 Å². The summed E-state index contributed by atoms with van der Waals surface area (Å²) in [5.74, 6) is 1.44. The van der Waals surface area contributed by atoms with Crippen molar-refractivity contribution in [1.29, 1.82) is 0 Å². The van der Waals surface area contributed by atoms with Crippen molar-refractivity contribution in [3.63, 3.8) is 0 Å². The average Bonchev–Trinajstić information content (AvgIpc) is 3.39. The Hall–Kier alpha value is -2.50. The summed E-state index contributed by atoms with van der Waals surface area (Å²) in [4.78, 5) is 14.3. The molecule has 2 aliphatic heterocycles. The van der Waals surface area contributed by atoms with Gasteiger partial charge in [-0.3, -0.25) is 5.10 Å². The normalized spacial score (nSPS) is 20.3. The van der Waals surface area contributed by atoms with E-state index in [0.717, 1.165) is 29.8 Å². The van der Waals surface area contributed by atoms with Crippen LogP contribution in [0.15, 0.2) is 24.3 Å². The van der Waals surface area contributed by atoms with Crippen LogP contribution in [-0.2, 0) is 10.3 Å². The lowest BCUT2D eigenvalue weighted by atomic mass is 9.79. The Bertz CT molecular complexity index is 915. The second kappa shape index (κ2) is 6.00. The van der Waals surface area contributed by atoms with Crippen LogP contribution in [0.4, 0.5) is 4.79 Å². The van der Waals surface area contributed by atoms with Crippen molar-refractivity contribution in [3.8, 4) is 17.0 Å². The van der Waals surface area contributed by atoms with E-state index in [1.807, 2.05) is 39.0 Å². The molecule has 2 aromatic rings. The van der Waals surface area contributed by atoms with E-state index in [4.69, 9.17) is 14.6 Å². The zero-order valence-electron chi connectivity index (χ0n) is 16.7. The van der Waals surface area contributed by atoms with Crippen LogP contribution in [0.2, 0.25) is 0 Å². The smallest absolute Gasteiger partial charge is 0.410 e. The van der Waals surface area contributed by atoms with Crippen LogP contribution in [0.3, 0.4) is 0 Å². The Morgan fingerprint density at radius 2 is 1.96 bits per heavy atom. The molecule has 1 aromatic heterocycles. The topological polar surface area (TPSA) is 67.4 Å². The van der Waals surface area contributed by atoms with Gasteiger partial charge in [-0.1, -0.05) is 12.1 Å². The number of aromatic amines is 1. The quantitative estimate of drug-likeness (QED) is 0.785. The summed E-state index contributed by atoms with van der Waals surface area (Å²) in [6, 6.07) is 8.13. The summed E-state index contributed by atoms with van der Waals surface area (Å²) in [7, 11) is 0. The van der Waals surface area contributed by atoms with Crippen molar-refractivity contribution < 1.29 is 14.3 Å². The van der Waals surface area contributed by atoms with Gasteiger partial charge in [0.05, 0.1) is 0 Å². The van der Waals surface area contributed by atoms with Crippen molar-refractivity contribution in [2.75, 3.05) is 13.1 Å². The standard InChI is InChI=1S/C22H27N3O3/c1-21(2,3)28-20(26)25-12-10-22(11-13-25)17-18(14-8-9-14)23-24-19(17)15-6-4-5-7-16(15)27-22/h4-7,14H,8-13H2,1-3H3,(H,23,24). The number of aromatic nitrogens is 2. The fourth-order valence-electron chi connectivity index (χ4n) is 4.42. The zero-order valence-corrected chi connectivity index (χ0v) is 16.7. The molecule has 148 valence electrons. The highest BCUT2D eigenvalue weighted by Gasteiger charge is 2.49. The van der Waals surface area contributed by atoms with Crippen molar-refractivity contribution in [3.05, 3.63) is 35.5 Å². The first-order valence-electron chi connectivity index (χ1n) is 10.2. The Morgan fingerprint density at radius 3 is 2.64 bits per heavy atom. The number of likely N-dealkylation sites (tertiary alicyclic amines) is 1. The van der Waals surface area contributed by atoms with Crippen LogP contribution in [-0.4, -0.2) is 39.9 Å². The average molecular weight is 381 g/mol. The van der Waals surface area contributed by atoms with Crippen molar-refractivity contribution in [1.82, 2.24) is 15.1 Å². The molecule has 5 rings (SSSR count). The fourth-order valence-corrected chi connectivity index (χ4v) is 4.42. The lowest BCUT2D eigenvalue weighted by Crippen LogP contribution is -2.50. The van der Waals surface area contributed by atoms with Gasteiger partial charge in [-0.15, -0.1) is 0 Å². The number of rotatable bonds is 1. The summed E-state index contributed by atoms with van der Waals surface area (Å²) in [5.41, 5.74) is 3.62. The van der Waals surface area contributed by atoms with E-state index >= 15 is 0 Å².